The highest BCUT2D eigenvalue weighted by Crippen LogP contribution is 2.16. The number of carbonyl (C=O) groups is 2. The number of nitrogens with two attached hydrogens (primary N) is 2. The van der Waals surface area contributed by atoms with Crippen molar-refractivity contribution in [2.75, 3.05) is 18.4 Å². The van der Waals surface area contributed by atoms with Crippen LogP contribution in [0, 0.1) is 0 Å². The first-order valence-electron chi connectivity index (χ1n) is 7.78. The van der Waals surface area contributed by atoms with Gasteiger partial charge in [-0.25, -0.2) is 0 Å². The zero-order valence-corrected chi connectivity index (χ0v) is 13.4. The fourth-order valence-electron chi connectivity index (χ4n) is 2.29. The van der Waals surface area contributed by atoms with Crippen molar-refractivity contribution >= 4 is 17.5 Å². The third-order valence-corrected chi connectivity index (χ3v) is 3.41. The Bertz CT molecular complexity index is 701. The second-order valence-corrected chi connectivity index (χ2v) is 5.38. The van der Waals surface area contributed by atoms with E-state index >= 15 is 0 Å². The molecule has 2 amide bonds. The Morgan fingerprint density at radius 1 is 0.958 bits per heavy atom. The summed E-state index contributed by atoms with van der Waals surface area (Å²) in [7, 11) is 0. The largest absolute Gasteiger partial charge is 0.351 e. The monoisotopic (exact) mass is 326 g/mol. The summed E-state index contributed by atoms with van der Waals surface area (Å²) in [6.45, 7) is 1.03. The molecule has 0 saturated carbocycles. The van der Waals surface area contributed by atoms with E-state index in [-0.39, 0.29) is 24.8 Å². The highest BCUT2D eigenvalue weighted by atomic mass is 16.2. The standard InChI is InChI=1S/C18H22N4O2/c19-6-7-21-18(24)15-8-14(12-20)9-16(11-15)22-17(23)10-13-4-2-1-3-5-13/h1-5,8-9,11H,6-7,10,12,19-20H2,(H,21,24)(H,22,23). The molecule has 0 spiro atoms. The van der Waals surface area contributed by atoms with Crippen LogP contribution in [0.2, 0.25) is 0 Å². The van der Waals surface area contributed by atoms with Gasteiger partial charge in [0, 0.05) is 30.9 Å². The van der Waals surface area contributed by atoms with Gasteiger partial charge in [0.2, 0.25) is 5.91 Å². The highest BCUT2D eigenvalue weighted by molar-refractivity contribution is 5.97. The van der Waals surface area contributed by atoms with Crippen LogP contribution >= 0.6 is 0 Å². The van der Waals surface area contributed by atoms with Crippen molar-refractivity contribution < 1.29 is 9.59 Å². The summed E-state index contributed by atoms with van der Waals surface area (Å²) in [5.41, 5.74) is 13.8. The Kier molecular flexibility index (Phi) is 6.48. The molecule has 0 aliphatic carbocycles. The van der Waals surface area contributed by atoms with Crippen LogP contribution in [0.15, 0.2) is 48.5 Å². The fraction of sp³-hybridized carbons (Fsp3) is 0.222. The van der Waals surface area contributed by atoms with Gasteiger partial charge >= 0.3 is 0 Å². The Balaban J connectivity index is 2.11. The van der Waals surface area contributed by atoms with E-state index in [1.807, 2.05) is 30.3 Å². The van der Waals surface area contributed by atoms with E-state index in [0.717, 1.165) is 11.1 Å². The molecular weight excluding hydrogens is 304 g/mol. The van der Waals surface area contributed by atoms with E-state index in [2.05, 4.69) is 10.6 Å². The van der Waals surface area contributed by atoms with E-state index in [0.29, 0.717) is 24.3 Å². The average molecular weight is 326 g/mol. The van der Waals surface area contributed by atoms with Gasteiger partial charge < -0.3 is 22.1 Å². The molecule has 0 heterocycles. The minimum absolute atomic E-state index is 0.149. The molecule has 6 heteroatoms. The van der Waals surface area contributed by atoms with Crippen LogP contribution < -0.4 is 22.1 Å². The van der Waals surface area contributed by atoms with Gasteiger partial charge in [-0.1, -0.05) is 30.3 Å². The van der Waals surface area contributed by atoms with Crippen LogP contribution in [-0.2, 0) is 17.8 Å². The number of nitrogens with one attached hydrogen (secondary N) is 2. The van der Waals surface area contributed by atoms with Crippen molar-refractivity contribution in [1.29, 1.82) is 0 Å². The third kappa shape index (κ3) is 5.19. The van der Waals surface area contributed by atoms with Gasteiger partial charge in [-0.3, -0.25) is 9.59 Å². The molecule has 0 atom stereocenters. The Morgan fingerprint density at radius 2 is 1.71 bits per heavy atom. The molecule has 0 aliphatic rings. The Hall–Kier alpha value is -2.70. The summed E-state index contributed by atoms with van der Waals surface area (Å²) >= 11 is 0. The second kappa shape index (κ2) is 8.81. The molecular formula is C18H22N4O2. The lowest BCUT2D eigenvalue weighted by atomic mass is 10.1. The minimum atomic E-state index is -0.241. The first kappa shape index (κ1) is 17.7. The zero-order chi connectivity index (χ0) is 17.4. The molecule has 6 N–H and O–H groups in total. The lowest BCUT2D eigenvalue weighted by Crippen LogP contribution is -2.29. The quantitative estimate of drug-likeness (QED) is 0.608. The molecule has 24 heavy (non-hydrogen) atoms. The number of anilines is 1. The van der Waals surface area contributed by atoms with E-state index in [4.69, 9.17) is 11.5 Å². The van der Waals surface area contributed by atoms with Gasteiger partial charge in [0.25, 0.3) is 5.91 Å². The number of carbonyl (C=O) groups excluding carboxylic acids is 2. The third-order valence-electron chi connectivity index (χ3n) is 3.41. The molecule has 0 aliphatic heterocycles. The molecule has 0 fully saturated rings. The molecule has 2 aromatic rings. The van der Waals surface area contributed by atoms with Gasteiger partial charge in [0.1, 0.15) is 0 Å². The van der Waals surface area contributed by atoms with Gasteiger partial charge in [-0.15, -0.1) is 0 Å². The van der Waals surface area contributed by atoms with Crippen molar-refractivity contribution in [3.05, 3.63) is 65.2 Å². The van der Waals surface area contributed by atoms with Crippen molar-refractivity contribution in [3.8, 4) is 0 Å². The number of amides is 2. The van der Waals surface area contributed by atoms with Crippen LogP contribution in [0.3, 0.4) is 0 Å². The molecule has 2 aromatic carbocycles. The lowest BCUT2D eigenvalue weighted by molar-refractivity contribution is -0.115. The van der Waals surface area contributed by atoms with E-state index in [9.17, 15) is 9.59 Å². The number of hydrogen-bond acceptors (Lipinski definition) is 4. The number of hydrogen-bond donors (Lipinski definition) is 4. The van der Waals surface area contributed by atoms with Crippen LogP contribution in [0.1, 0.15) is 21.5 Å². The second-order valence-electron chi connectivity index (χ2n) is 5.38. The summed E-state index contributed by atoms with van der Waals surface area (Å²) in [5, 5.41) is 5.52. The smallest absolute Gasteiger partial charge is 0.251 e. The van der Waals surface area contributed by atoms with Crippen molar-refractivity contribution in [2.24, 2.45) is 11.5 Å². The minimum Gasteiger partial charge on any atom is -0.351 e. The summed E-state index contributed by atoms with van der Waals surface area (Å²) in [6.07, 6.45) is 0.266. The first-order valence-corrected chi connectivity index (χ1v) is 7.78. The Morgan fingerprint density at radius 3 is 2.38 bits per heavy atom. The van der Waals surface area contributed by atoms with Gasteiger partial charge in [-0.05, 0) is 29.3 Å². The van der Waals surface area contributed by atoms with Gasteiger partial charge in [0.05, 0.1) is 6.42 Å². The topological polar surface area (TPSA) is 110 Å². The maximum Gasteiger partial charge on any atom is 0.251 e. The summed E-state index contributed by atoms with van der Waals surface area (Å²) in [5.74, 6) is -0.391. The SMILES string of the molecule is NCCNC(=O)c1cc(CN)cc(NC(=O)Cc2ccccc2)c1. The predicted molar refractivity (Wildman–Crippen MR) is 94.5 cm³/mol. The van der Waals surface area contributed by atoms with Crippen LogP contribution in [0.4, 0.5) is 5.69 Å². The number of rotatable bonds is 7. The van der Waals surface area contributed by atoms with Crippen molar-refractivity contribution in [1.82, 2.24) is 5.32 Å². The van der Waals surface area contributed by atoms with Crippen LogP contribution in [0.25, 0.3) is 0 Å². The Labute approximate surface area is 141 Å². The van der Waals surface area contributed by atoms with Crippen molar-refractivity contribution in [2.45, 2.75) is 13.0 Å². The van der Waals surface area contributed by atoms with E-state index < -0.39 is 0 Å². The molecule has 2 rings (SSSR count). The average Bonchev–Trinajstić information content (AvgIpc) is 2.60. The first-order chi connectivity index (χ1) is 11.6. The molecule has 0 saturated heterocycles. The fourth-order valence-corrected chi connectivity index (χ4v) is 2.29. The maximum atomic E-state index is 12.2. The molecule has 0 radical (unpaired) electrons. The van der Waals surface area contributed by atoms with Crippen LogP contribution in [-0.4, -0.2) is 24.9 Å². The molecule has 0 bridgehead atoms. The summed E-state index contributed by atoms with van der Waals surface area (Å²) in [6, 6.07) is 14.6. The highest BCUT2D eigenvalue weighted by Gasteiger charge is 2.10. The normalized spacial score (nSPS) is 10.2. The number of benzene rings is 2. The summed E-state index contributed by atoms with van der Waals surface area (Å²) < 4.78 is 0. The summed E-state index contributed by atoms with van der Waals surface area (Å²) in [4.78, 5) is 24.3. The van der Waals surface area contributed by atoms with E-state index in [1.54, 1.807) is 18.2 Å². The predicted octanol–water partition coefficient (Wildman–Crippen LogP) is 1.02. The lowest BCUT2D eigenvalue weighted by Gasteiger charge is -2.11. The van der Waals surface area contributed by atoms with Crippen LogP contribution in [0.5, 0.6) is 0 Å². The molecule has 0 unspecified atom stereocenters. The van der Waals surface area contributed by atoms with Crippen molar-refractivity contribution in [3.63, 3.8) is 0 Å². The van der Waals surface area contributed by atoms with Gasteiger partial charge in [0.15, 0.2) is 0 Å². The molecule has 126 valence electrons. The zero-order valence-electron chi connectivity index (χ0n) is 13.4. The molecule has 0 aromatic heterocycles. The molecule has 6 nitrogen and oxygen atoms in total. The van der Waals surface area contributed by atoms with Gasteiger partial charge in [-0.2, -0.15) is 0 Å². The maximum absolute atomic E-state index is 12.2. The van der Waals surface area contributed by atoms with E-state index in [1.165, 1.54) is 0 Å².